The molecule has 0 saturated carbocycles. The maximum Gasteiger partial charge on any atom is 0.218 e. The summed E-state index contributed by atoms with van der Waals surface area (Å²) in [5.41, 5.74) is 5.06. The van der Waals surface area contributed by atoms with Crippen molar-refractivity contribution in [1.82, 2.24) is 4.90 Å². The number of unbranched alkanes of at least 4 members (excludes halogenated alkanes) is 1. The van der Waals surface area contributed by atoms with Crippen molar-refractivity contribution in [2.24, 2.45) is 5.73 Å². The Bertz CT molecular complexity index is 126. The summed E-state index contributed by atoms with van der Waals surface area (Å²) in [5, 5.41) is 0. The molecule has 0 heterocycles. The lowest BCUT2D eigenvalue weighted by Crippen LogP contribution is -2.28. The Kier molecular flexibility index (Phi) is 6.76. The lowest BCUT2D eigenvalue weighted by atomic mass is 10.3. The number of rotatable bonds is 7. The number of carbonyl (C=O) groups excluding carboxylic acids is 1. The molecule has 0 unspecified atom stereocenters. The highest BCUT2D eigenvalue weighted by Crippen LogP contribution is 1.95. The van der Waals surface area contributed by atoms with E-state index in [1.54, 1.807) is 0 Å². The molecule has 0 rings (SSSR count). The summed E-state index contributed by atoms with van der Waals surface area (Å²) < 4.78 is 0. The Balaban J connectivity index is 3.45. The second-order valence-corrected chi connectivity index (χ2v) is 3.00. The zero-order valence-corrected chi connectivity index (χ0v) is 8.18. The van der Waals surface area contributed by atoms with Gasteiger partial charge in [-0.25, -0.2) is 0 Å². The predicted octanol–water partition coefficient (Wildman–Crippen LogP) is 0.984. The van der Waals surface area contributed by atoms with Crippen LogP contribution in [0, 0.1) is 0 Å². The number of primary amides is 1. The Morgan fingerprint density at radius 1 is 1.33 bits per heavy atom. The van der Waals surface area contributed by atoms with Crippen molar-refractivity contribution in [1.29, 1.82) is 0 Å². The van der Waals surface area contributed by atoms with Crippen LogP contribution < -0.4 is 5.73 Å². The lowest BCUT2D eigenvalue weighted by molar-refractivity contribution is -0.118. The van der Waals surface area contributed by atoms with Crippen LogP contribution in [0.15, 0.2) is 0 Å². The molecule has 3 nitrogen and oxygen atoms in total. The Morgan fingerprint density at radius 3 is 2.42 bits per heavy atom. The molecule has 0 aromatic rings. The minimum Gasteiger partial charge on any atom is -0.370 e. The first-order valence-corrected chi connectivity index (χ1v) is 4.71. The first-order chi connectivity index (χ1) is 5.70. The molecule has 0 aliphatic carbocycles. The van der Waals surface area contributed by atoms with Crippen molar-refractivity contribution in [2.75, 3.05) is 19.6 Å². The van der Waals surface area contributed by atoms with Crippen molar-refractivity contribution in [3.8, 4) is 0 Å². The highest BCUT2D eigenvalue weighted by atomic mass is 16.1. The minimum absolute atomic E-state index is 0.204. The predicted molar refractivity (Wildman–Crippen MR) is 50.8 cm³/mol. The van der Waals surface area contributed by atoms with Gasteiger partial charge in [0.1, 0.15) is 0 Å². The molecule has 0 spiro atoms. The smallest absolute Gasteiger partial charge is 0.218 e. The molecule has 0 bridgehead atoms. The van der Waals surface area contributed by atoms with Gasteiger partial charge in [0.15, 0.2) is 0 Å². The van der Waals surface area contributed by atoms with Crippen LogP contribution in [-0.2, 0) is 4.79 Å². The SMILES string of the molecule is CCCCN(CC)CCC(N)=O. The number of nitrogens with zero attached hydrogens (tertiary/aromatic N) is 1. The summed E-state index contributed by atoms with van der Waals surface area (Å²) in [6.45, 7) is 7.18. The molecule has 1 amide bonds. The van der Waals surface area contributed by atoms with Gasteiger partial charge in [-0.15, -0.1) is 0 Å². The van der Waals surface area contributed by atoms with E-state index in [9.17, 15) is 4.79 Å². The molecule has 72 valence electrons. The topological polar surface area (TPSA) is 46.3 Å². The first-order valence-electron chi connectivity index (χ1n) is 4.71. The van der Waals surface area contributed by atoms with Gasteiger partial charge in [-0.3, -0.25) is 4.79 Å². The Labute approximate surface area is 74.9 Å². The van der Waals surface area contributed by atoms with Gasteiger partial charge in [0.05, 0.1) is 0 Å². The third-order valence-electron chi connectivity index (χ3n) is 1.95. The van der Waals surface area contributed by atoms with Crippen molar-refractivity contribution in [3.05, 3.63) is 0 Å². The monoisotopic (exact) mass is 172 g/mol. The molecule has 0 aliphatic rings. The van der Waals surface area contributed by atoms with Crippen LogP contribution in [0.5, 0.6) is 0 Å². The van der Waals surface area contributed by atoms with Gasteiger partial charge in [0.2, 0.25) is 5.91 Å². The second-order valence-electron chi connectivity index (χ2n) is 3.00. The fourth-order valence-corrected chi connectivity index (χ4v) is 1.08. The van der Waals surface area contributed by atoms with Gasteiger partial charge in [-0.2, -0.15) is 0 Å². The van der Waals surface area contributed by atoms with Gasteiger partial charge in [-0.1, -0.05) is 20.3 Å². The molecule has 0 fully saturated rings. The highest BCUT2D eigenvalue weighted by Gasteiger charge is 2.02. The number of nitrogens with two attached hydrogens (primary N) is 1. The van der Waals surface area contributed by atoms with E-state index in [4.69, 9.17) is 5.73 Å². The van der Waals surface area contributed by atoms with E-state index in [1.165, 1.54) is 12.8 Å². The largest absolute Gasteiger partial charge is 0.370 e. The van der Waals surface area contributed by atoms with E-state index in [-0.39, 0.29) is 5.91 Å². The van der Waals surface area contributed by atoms with Gasteiger partial charge < -0.3 is 10.6 Å². The van der Waals surface area contributed by atoms with E-state index in [2.05, 4.69) is 18.7 Å². The molecule has 0 aliphatic heterocycles. The van der Waals surface area contributed by atoms with Crippen molar-refractivity contribution in [3.63, 3.8) is 0 Å². The van der Waals surface area contributed by atoms with Crippen LogP contribution in [0.2, 0.25) is 0 Å². The number of hydrogen-bond acceptors (Lipinski definition) is 2. The van der Waals surface area contributed by atoms with E-state index in [0.29, 0.717) is 6.42 Å². The summed E-state index contributed by atoms with van der Waals surface area (Å²) >= 11 is 0. The summed E-state index contributed by atoms with van der Waals surface area (Å²) in [4.78, 5) is 12.7. The Hall–Kier alpha value is -0.570. The summed E-state index contributed by atoms with van der Waals surface area (Å²) in [6.07, 6.45) is 2.89. The highest BCUT2D eigenvalue weighted by molar-refractivity contribution is 5.73. The third kappa shape index (κ3) is 6.16. The molecular formula is C9H20N2O. The van der Waals surface area contributed by atoms with Crippen LogP contribution in [-0.4, -0.2) is 30.4 Å². The van der Waals surface area contributed by atoms with Crippen molar-refractivity contribution >= 4 is 5.91 Å². The maximum atomic E-state index is 10.5. The zero-order chi connectivity index (χ0) is 9.40. The van der Waals surface area contributed by atoms with E-state index >= 15 is 0 Å². The molecule has 0 saturated heterocycles. The fourth-order valence-electron chi connectivity index (χ4n) is 1.08. The van der Waals surface area contributed by atoms with Gasteiger partial charge in [-0.05, 0) is 19.5 Å². The number of amides is 1. The maximum absolute atomic E-state index is 10.5. The second kappa shape index (κ2) is 7.10. The van der Waals surface area contributed by atoms with E-state index in [1.807, 2.05) is 0 Å². The average Bonchev–Trinajstić information content (AvgIpc) is 2.05. The third-order valence-corrected chi connectivity index (χ3v) is 1.95. The molecule has 3 heteroatoms. The zero-order valence-electron chi connectivity index (χ0n) is 8.18. The Morgan fingerprint density at radius 2 is 2.00 bits per heavy atom. The van der Waals surface area contributed by atoms with Gasteiger partial charge in [0.25, 0.3) is 0 Å². The molecule has 12 heavy (non-hydrogen) atoms. The van der Waals surface area contributed by atoms with Crippen molar-refractivity contribution < 1.29 is 4.79 Å². The summed E-state index contributed by atoms with van der Waals surface area (Å²) in [6, 6.07) is 0. The quantitative estimate of drug-likeness (QED) is 0.622. The standard InChI is InChI=1S/C9H20N2O/c1-3-5-7-11(4-2)8-6-9(10)12/h3-8H2,1-2H3,(H2,10,12). The first kappa shape index (κ1) is 11.4. The molecule has 0 aromatic carbocycles. The van der Waals surface area contributed by atoms with Crippen LogP contribution in [0.1, 0.15) is 33.1 Å². The van der Waals surface area contributed by atoms with E-state index < -0.39 is 0 Å². The van der Waals surface area contributed by atoms with Crippen LogP contribution >= 0.6 is 0 Å². The molecule has 0 radical (unpaired) electrons. The van der Waals surface area contributed by atoms with Crippen LogP contribution in [0.4, 0.5) is 0 Å². The van der Waals surface area contributed by atoms with E-state index in [0.717, 1.165) is 19.6 Å². The molecule has 0 aromatic heterocycles. The number of hydrogen-bond donors (Lipinski definition) is 1. The molecule has 2 N–H and O–H groups in total. The average molecular weight is 172 g/mol. The van der Waals surface area contributed by atoms with Gasteiger partial charge in [0, 0.05) is 13.0 Å². The van der Waals surface area contributed by atoms with Crippen LogP contribution in [0.3, 0.4) is 0 Å². The molecular weight excluding hydrogens is 152 g/mol. The normalized spacial score (nSPS) is 10.6. The summed E-state index contributed by atoms with van der Waals surface area (Å²) in [7, 11) is 0. The van der Waals surface area contributed by atoms with Crippen molar-refractivity contribution in [2.45, 2.75) is 33.1 Å². The number of carbonyl (C=O) groups is 1. The summed E-state index contributed by atoms with van der Waals surface area (Å²) in [5.74, 6) is -0.204. The van der Waals surface area contributed by atoms with Crippen LogP contribution in [0.25, 0.3) is 0 Å². The minimum atomic E-state index is -0.204. The van der Waals surface area contributed by atoms with Gasteiger partial charge >= 0.3 is 0 Å². The molecule has 0 atom stereocenters. The fraction of sp³-hybridized carbons (Fsp3) is 0.889. The lowest BCUT2D eigenvalue weighted by Gasteiger charge is -2.18.